The molecule has 2 atom stereocenters. The molecule has 0 spiro atoms. The summed E-state index contributed by atoms with van der Waals surface area (Å²) in [6, 6.07) is 1.43. The molecule has 2 N–H and O–H groups in total. The highest BCUT2D eigenvalue weighted by Crippen LogP contribution is 2.11. The molecule has 21 heavy (non-hydrogen) atoms. The van der Waals surface area contributed by atoms with E-state index in [-0.39, 0.29) is 0 Å². The molecule has 0 aromatic carbocycles. The highest BCUT2D eigenvalue weighted by atomic mass is 16.5. The minimum atomic E-state index is 0.445. The summed E-state index contributed by atoms with van der Waals surface area (Å²) in [5.41, 5.74) is 0. The lowest BCUT2D eigenvalue weighted by atomic mass is 10.2. The van der Waals surface area contributed by atoms with Gasteiger partial charge in [-0.2, -0.15) is 0 Å². The van der Waals surface area contributed by atoms with Gasteiger partial charge in [0.25, 0.3) is 0 Å². The van der Waals surface area contributed by atoms with Crippen LogP contribution < -0.4 is 10.6 Å². The smallest absolute Gasteiger partial charge is 0.191 e. The molecule has 1 heterocycles. The van der Waals surface area contributed by atoms with Gasteiger partial charge in [-0.05, 0) is 33.6 Å². The van der Waals surface area contributed by atoms with Crippen LogP contribution in [0.1, 0.15) is 33.6 Å². The van der Waals surface area contributed by atoms with Crippen LogP contribution in [0.2, 0.25) is 0 Å². The van der Waals surface area contributed by atoms with Gasteiger partial charge in [-0.15, -0.1) is 0 Å². The van der Waals surface area contributed by atoms with Crippen LogP contribution in [0.5, 0.6) is 0 Å². The van der Waals surface area contributed by atoms with Crippen molar-refractivity contribution in [2.75, 3.05) is 32.8 Å². The Bertz CT molecular complexity index is 361. The van der Waals surface area contributed by atoms with Crippen molar-refractivity contribution in [2.45, 2.75) is 51.7 Å². The summed E-state index contributed by atoms with van der Waals surface area (Å²) >= 11 is 0. The molecular weight excluding hydrogens is 264 g/mol. The SMILES string of the molecule is CCNC(=NCC(C)N1CCOCC1C)NC1CC=CC1. The van der Waals surface area contributed by atoms with Crippen LogP contribution in [0.4, 0.5) is 0 Å². The van der Waals surface area contributed by atoms with Crippen molar-refractivity contribution in [3.63, 3.8) is 0 Å². The molecule has 1 fully saturated rings. The maximum atomic E-state index is 5.51. The Labute approximate surface area is 128 Å². The number of aliphatic imine (C=N–C) groups is 1. The number of morpholine rings is 1. The molecule has 2 unspecified atom stereocenters. The van der Waals surface area contributed by atoms with E-state index in [1.54, 1.807) is 0 Å². The van der Waals surface area contributed by atoms with Crippen LogP contribution >= 0.6 is 0 Å². The Morgan fingerprint density at radius 1 is 1.43 bits per heavy atom. The van der Waals surface area contributed by atoms with Crippen LogP contribution in [-0.2, 0) is 4.74 Å². The van der Waals surface area contributed by atoms with E-state index in [4.69, 9.17) is 9.73 Å². The molecule has 5 nitrogen and oxygen atoms in total. The van der Waals surface area contributed by atoms with Crippen molar-refractivity contribution in [1.82, 2.24) is 15.5 Å². The van der Waals surface area contributed by atoms with Gasteiger partial charge in [0.15, 0.2) is 5.96 Å². The standard InChI is InChI=1S/C16H30N4O/c1-4-17-16(19-15-7-5-6-8-15)18-11-13(2)20-9-10-21-12-14(20)3/h5-6,13-15H,4,7-12H2,1-3H3,(H2,17,18,19). The van der Waals surface area contributed by atoms with Gasteiger partial charge in [0.1, 0.15) is 0 Å². The van der Waals surface area contributed by atoms with Crippen molar-refractivity contribution in [1.29, 1.82) is 0 Å². The summed E-state index contributed by atoms with van der Waals surface area (Å²) in [4.78, 5) is 7.26. The number of nitrogens with one attached hydrogen (secondary N) is 2. The second-order valence-corrected chi connectivity index (χ2v) is 6.01. The van der Waals surface area contributed by atoms with Gasteiger partial charge in [-0.1, -0.05) is 12.2 Å². The van der Waals surface area contributed by atoms with Crippen LogP contribution in [0.3, 0.4) is 0 Å². The Balaban J connectivity index is 1.85. The van der Waals surface area contributed by atoms with Gasteiger partial charge in [0.05, 0.1) is 19.8 Å². The summed E-state index contributed by atoms with van der Waals surface area (Å²) in [7, 11) is 0. The topological polar surface area (TPSA) is 48.9 Å². The maximum Gasteiger partial charge on any atom is 0.191 e. The Morgan fingerprint density at radius 2 is 2.19 bits per heavy atom. The third-order valence-corrected chi connectivity index (χ3v) is 4.19. The average molecular weight is 294 g/mol. The highest BCUT2D eigenvalue weighted by molar-refractivity contribution is 5.80. The van der Waals surface area contributed by atoms with E-state index in [1.807, 2.05) is 0 Å². The van der Waals surface area contributed by atoms with Crippen molar-refractivity contribution < 1.29 is 4.74 Å². The van der Waals surface area contributed by atoms with E-state index < -0.39 is 0 Å². The minimum Gasteiger partial charge on any atom is -0.379 e. The van der Waals surface area contributed by atoms with E-state index in [1.165, 1.54) is 0 Å². The first-order chi connectivity index (χ1) is 10.2. The Hall–Kier alpha value is -1.07. The molecule has 2 rings (SSSR count). The van der Waals surface area contributed by atoms with E-state index in [2.05, 4.69) is 48.5 Å². The van der Waals surface area contributed by atoms with Gasteiger partial charge in [-0.25, -0.2) is 0 Å². The van der Waals surface area contributed by atoms with E-state index >= 15 is 0 Å². The zero-order valence-corrected chi connectivity index (χ0v) is 13.6. The van der Waals surface area contributed by atoms with Gasteiger partial charge in [0.2, 0.25) is 0 Å². The lowest BCUT2D eigenvalue weighted by Crippen LogP contribution is -2.50. The molecule has 0 radical (unpaired) electrons. The van der Waals surface area contributed by atoms with E-state index in [0.717, 1.165) is 51.6 Å². The van der Waals surface area contributed by atoms with Crippen LogP contribution in [-0.4, -0.2) is 61.8 Å². The summed E-state index contributed by atoms with van der Waals surface area (Å²) in [6.45, 7) is 11.0. The highest BCUT2D eigenvalue weighted by Gasteiger charge is 2.23. The van der Waals surface area contributed by atoms with E-state index in [0.29, 0.717) is 18.1 Å². The normalized spacial score (nSPS) is 26.0. The number of hydrogen-bond acceptors (Lipinski definition) is 3. The number of hydrogen-bond donors (Lipinski definition) is 2. The first-order valence-corrected chi connectivity index (χ1v) is 8.24. The number of rotatable bonds is 5. The summed E-state index contributed by atoms with van der Waals surface area (Å²) < 4.78 is 5.51. The van der Waals surface area contributed by atoms with E-state index in [9.17, 15) is 0 Å². The van der Waals surface area contributed by atoms with Gasteiger partial charge < -0.3 is 15.4 Å². The first kappa shape index (κ1) is 16.3. The van der Waals surface area contributed by atoms with Gasteiger partial charge >= 0.3 is 0 Å². The second kappa shape index (κ2) is 8.39. The predicted molar refractivity (Wildman–Crippen MR) is 87.7 cm³/mol. The molecule has 0 aromatic heterocycles. The Kier molecular flexibility index (Phi) is 6.51. The van der Waals surface area contributed by atoms with Crippen molar-refractivity contribution in [2.24, 2.45) is 4.99 Å². The first-order valence-electron chi connectivity index (χ1n) is 8.24. The van der Waals surface area contributed by atoms with Gasteiger partial charge in [-0.3, -0.25) is 9.89 Å². The summed E-state index contributed by atoms with van der Waals surface area (Å²) in [6.07, 6.45) is 6.67. The Morgan fingerprint density at radius 3 is 2.86 bits per heavy atom. The second-order valence-electron chi connectivity index (χ2n) is 6.01. The molecule has 0 aromatic rings. The monoisotopic (exact) mass is 294 g/mol. The molecule has 5 heteroatoms. The molecule has 120 valence electrons. The largest absolute Gasteiger partial charge is 0.379 e. The lowest BCUT2D eigenvalue weighted by Gasteiger charge is -2.37. The molecule has 0 amide bonds. The van der Waals surface area contributed by atoms with Crippen molar-refractivity contribution in [3.05, 3.63) is 12.2 Å². The molecule has 2 aliphatic rings. The molecular formula is C16H30N4O. The quantitative estimate of drug-likeness (QED) is 0.457. The fourth-order valence-electron chi connectivity index (χ4n) is 2.97. The van der Waals surface area contributed by atoms with Crippen LogP contribution in [0.25, 0.3) is 0 Å². The third-order valence-electron chi connectivity index (χ3n) is 4.19. The minimum absolute atomic E-state index is 0.445. The van der Waals surface area contributed by atoms with Gasteiger partial charge in [0, 0.05) is 31.2 Å². The maximum absolute atomic E-state index is 5.51. The summed E-state index contributed by atoms with van der Waals surface area (Å²) in [5, 5.41) is 6.87. The third kappa shape index (κ3) is 5.00. The molecule has 0 saturated carbocycles. The molecule has 1 aliphatic carbocycles. The van der Waals surface area contributed by atoms with Crippen LogP contribution in [0, 0.1) is 0 Å². The fraction of sp³-hybridized carbons (Fsp3) is 0.812. The zero-order valence-electron chi connectivity index (χ0n) is 13.6. The number of nitrogens with zero attached hydrogens (tertiary/aromatic N) is 2. The fourth-order valence-corrected chi connectivity index (χ4v) is 2.97. The average Bonchev–Trinajstić information content (AvgIpc) is 2.98. The molecule has 0 bridgehead atoms. The molecule has 1 aliphatic heterocycles. The van der Waals surface area contributed by atoms with Crippen molar-refractivity contribution >= 4 is 5.96 Å². The zero-order chi connectivity index (χ0) is 15.1. The summed E-state index contributed by atoms with van der Waals surface area (Å²) in [5.74, 6) is 0.943. The van der Waals surface area contributed by atoms with Crippen molar-refractivity contribution in [3.8, 4) is 0 Å². The predicted octanol–water partition coefficient (Wildman–Crippen LogP) is 1.37. The van der Waals surface area contributed by atoms with Crippen LogP contribution in [0.15, 0.2) is 17.1 Å². The lowest BCUT2D eigenvalue weighted by molar-refractivity contribution is -0.0165. The number of guanidine groups is 1. The molecule has 1 saturated heterocycles. The number of ether oxygens (including phenoxy) is 1.